The third-order valence-corrected chi connectivity index (χ3v) is 3.51. The van der Waals surface area contributed by atoms with Gasteiger partial charge < -0.3 is 10.6 Å². The van der Waals surface area contributed by atoms with Crippen LogP contribution in [0, 0.1) is 19.8 Å². The molecule has 0 saturated heterocycles. The van der Waals surface area contributed by atoms with Crippen molar-refractivity contribution in [3.63, 3.8) is 0 Å². The first-order chi connectivity index (χ1) is 8.58. The molecule has 0 spiro atoms. The first kappa shape index (κ1) is 12.7. The van der Waals surface area contributed by atoms with E-state index in [0.29, 0.717) is 5.92 Å². The molecule has 2 N–H and O–H groups in total. The molecule has 0 bridgehead atoms. The quantitative estimate of drug-likeness (QED) is 0.835. The summed E-state index contributed by atoms with van der Waals surface area (Å²) >= 11 is 0. The van der Waals surface area contributed by atoms with Crippen LogP contribution in [0.1, 0.15) is 30.9 Å². The average molecular weight is 244 g/mol. The summed E-state index contributed by atoms with van der Waals surface area (Å²) in [6.07, 6.45) is 4.32. The van der Waals surface area contributed by atoms with Gasteiger partial charge in [-0.1, -0.05) is 17.7 Å². The van der Waals surface area contributed by atoms with E-state index in [1.54, 1.807) is 0 Å². The molecule has 3 nitrogen and oxygen atoms in total. The molecule has 1 fully saturated rings. The summed E-state index contributed by atoms with van der Waals surface area (Å²) in [5, 5.41) is 5.66. The van der Waals surface area contributed by atoms with Crippen LogP contribution in [0.2, 0.25) is 0 Å². The predicted octanol–water partition coefficient (Wildman–Crippen LogP) is 3.74. The fourth-order valence-electron chi connectivity index (χ4n) is 1.88. The lowest BCUT2D eigenvalue weighted by Gasteiger charge is -2.10. The minimum absolute atomic E-state index is 0.177. The van der Waals surface area contributed by atoms with Gasteiger partial charge in [-0.05, 0) is 56.7 Å². The lowest BCUT2D eigenvalue weighted by atomic mass is 10.1. The fraction of sp³-hybridized carbons (Fsp3) is 0.400. The van der Waals surface area contributed by atoms with E-state index in [-0.39, 0.29) is 6.03 Å². The molecular weight excluding hydrogens is 224 g/mol. The number of carbonyl (C=O) groups excluding carboxylic acids is 1. The summed E-state index contributed by atoms with van der Waals surface area (Å²) in [4.78, 5) is 11.8. The highest BCUT2D eigenvalue weighted by Crippen LogP contribution is 2.35. The van der Waals surface area contributed by atoms with E-state index in [2.05, 4.69) is 17.6 Å². The van der Waals surface area contributed by atoms with E-state index >= 15 is 0 Å². The van der Waals surface area contributed by atoms with Crippen molar-refractivity contribution < 1.29 is 4.79 Å². The lowest BCUT2D eigenvalue weighted by molar-refractivity contribution is 0.255. The number of nitrogens with one attached hydrogen (secondary N) is 2. The Morgan fingerprint density at radius 3 is 2.72 bits per heavy atom. The van der Waals surface area contributed by atoms with Crippen LogP contribution < -0.4 is 10.6 Å². The molecule has 0 radical (unpaired) electrons. The number of allylic oxidation sites excluding steroid dienone is 1. The van der Waals surface area contributed by atoms with Crippen LogP contribution in [0.4, 0.5) is 10.5 Å². The molecule has 1 aromatic carbocycles. The Kier molecular flexibility index (Phi) is 3.70. The zero-order valence-corrected chi connectivity index (χ0v) is 11.2. The molecule has 96 valence electrons. The van der Waals surface area contributed by atoms with Gasteiger partial charge in [0.1, 0.15) is 0 Å². The highest BCUT2D eigenvalue weighted by Gasteiger charge is 2.22. The van der Waals surface area contributed by atoms with Gasteiger partial charge in [0.2, 0.25) is 0 Å². The molecule has 1 aliphatic rings. The summed E-state index contributed by atoms with van der Waals surface area (Å²) in [5.41, 5.74) is 4.41. The summed E-state index contributed by atoms with van der Waals surface area (Å²) in [5.74, 6) is 0.686. The van der Waals surface area contributed by atoms with Gasteiger partial charge in [-0.25, -0.2) is 4.79 Å². The molecule has 1 aliphatic carbocycles. The normalized spacial score (nSPS) is 15.4. The van der Waals surface area contributed by atoms with Gasteiger partial charge in [0, 0.05) is 11.9 Å². The van der Waals surface area contributed by atoms with Crippen molar-refractivity contribution in [1.82, 2.24) is 5.32 Å². The zero-order valence-electron chi connectivity index (χ0n) is 11.2. The predicted molar refractivity (Wildman–Crippen MR) is 74.6 cm³/mol. The number of rotatable bonds is 3. The Morgan fingerprint density at radius 2 is 2.06 bits per heavy atom. The largest absolute Gasteiger partial charge is 0.323 e. The third kappa shape index (κ3) is 3.13. The van der Waals surface area contributed by atoms with Crippen LogP contribution in [0.15, 0.2) is 30.0 Å². The molecular formula is C15H20N2O. The second kappa shape index (κ2) is 5.25. The van der Waals surface area contributed by atoms with Gasteiger partial charge in [-0.3, -0.25) is 0 Å². The summed E-state index contributed by atoms with van der Waals surface area (Å²) in [7, 11) is 0. The summed E-state index contributed by atoms with van der Waals surface area (Å²) in [6, 6.07) is 5.72. The van der Waals surface area contributed by atoms with Crippen LogP contribution in [0.3, 0.4) is 0 Å². The Hall–Kier alpha value is -1.77. The number of benzene rings is 1. The Labute approximate surface area is 108 Å². The van der Waals surface area contributed by atoms with Gasteiger partial charge in [-0.15, -0.1) is 0 Å². The summed E-state index contributed by atoms with van der Waals surface area (Å²) in [6.45, 7) is 6.11. The molecule has 18 heavy (non-hydrogen) atoms. The van der Waals surface area contributed by atoms with Crippen LogP contribution in [0.25, 0.3) is 0 Å². The molecule has 0 aliphatic heterocycles. The van der Waals surface area contributed by atoms with E-state index < -0.39 is 0 Å². The molecule has 0 heterocycles. The zero-order chi connectivity index (χ0) is 13.1. The van der Waals surface area contributed by atoms with Crippen LogP contribution in [0.5, 0.6) is 0 Å². The number of carbonyl (C=O) groups is 1. The maximum atomic E-state index is 11.8. The smallest absolute Gasteiger partial charge is 0.314 e. The molecule has 3 heteroatoms. The number of hydrogen-bond donors (Lipinski definition) is 2. The maximum Gasteiger partial charge on any atom is 0.323 e. The average Bonchev–Trinajstić information content (AvgIpc) is 3.16. The van der Waals surface area contributed by atoms with Crippen molar-refractivity contribution in [2.24, 2.45) is 5.92 Å². The Balaban J connectivity index is 1.94. The molecule has 2 amide bonds. The molecule has 0 aromatic heterocycles. The minimum atomic E-state index is -0.177. The second-order valence-corrected chi connectivity index (χ2v) is 5.01. The van der Waals surface area contributed by atoms with Crippen LogP contribution in [-0.4, -0.2) is 6.03 Å². The number of hydrogen-bond acceptors (Lipinski definition) is 1. The second-order valence-electron chi connectivity index (χ2n) is 5.01. The molecule has 0 atom stereocenters. The highest BCUT2D eigenvalue weighted by atomic mass is 16.2. The van der Waals surface area contributed by atoms with Gasteiger partial charge in [0.15, 0.2) is 0 Å². The van der Waals surface area contributed by atoms with Crippen molar-refractivity contribution in [3.8, 4) is 0 Å². The van der Waals surface area contributed by atoms with Gasteiger partial charge in [0.05, 0.1) is 0 Å². The van der Waals surface area contributed by atoms with Crippen LogP contribution in [-0.2, 0) is 0 Å². The Morgan fingerprint density at radius 1 is 1.33 bits per heavy atom. The standard InChI is InChI=1S/C15H20N2O/c1-10-5-4-6-14(12(10)3)17-15(18)16-9-11(2)13-7-8-13/h4-6,9,13H,7-8H2,1-3H3,(H2,16,17,18)/b11-9+. The first-order valence-electron chi connectivity index (χ1n) is 6.38. The summed E-state index contributed by atoms with van der Waals surface area (Å²) < 4.78 is 0. The monoisotopic (exact) mass is 244 g/mol. The van der Waals surface area contributed by atoms with Gasteiger partial charge in [0.25, 0.3) is 0 Å². The highest BCUT2D eigenvalue weighted by molar-refractivity contribution is 5.90. The molecule has 1 aromatic rings. The van der Waals surface area contributed by atoms with Gasteiger partial charge >= 0.3 is 6.03 Å². The SMILES string of the molecule is C/C(=C\NC(=O)Nc1cccc(C)c1C)C1CC1. The number of aryl methyl sites for hydroxylation is 1. The van der Waals surface area contributed by atoms with Crippen molar-refractivity contribution in [1.29, 1.82) is 0 Å². The molecule has 2 rings (SSSR count). The van der Waals surface area contributed by atoms with E-state index in [4.69, 9.17) is 0 Å². The fourth-order valence-corrected chi connectivity index (χ4v) is 1.88. The van der Waals surface area contributed by atoms with E-state index in [9.17, 15) is 4.79 Å². The van der Waals surface area contributed by atoms with E-state index in [0.717, 1.165) is 11.3 Å². The number of anilines is 1. The van der Waals surface area contributed by atoms with Crippen molar-refractivity contribution in [2.75, 3.05) is 5.32 Å². The molecule has 1 saturated carbocycles. The topological polar surface area (TPSA) is 41.1 Å². The van der Waals surface area contributed by atoms with Gasteiger partial charge in [-0.2, -0.15) is 0 Å². The van der Waals surface area contributed by atoms with Crippen LogP contribution >= 0.6 is 0 Å². The van der Waals surface area contributed by atoms with Crippen molar-refractivity contribution in [3.05, 3.63) is 41.1 Å². The van der Waals surface area contributed by atoms with E-state index in [1.807, 2.05) is 38.2 Å². The lowest BCUT2D eigenvalue weighted by Crippen LogP contribution is -2.24. The van der Waals surface area contributed by atoms with E-state index in [1.165, 1.54) is 24.0 Å². The Bertz CT molecular complexity index is 487. The third-order valence-electron chi connectivity index (χ3n) is 3.51. The number of urea groups is 1. The first-order valence-corrected chi connectivity index (χ1v) is 6.38. The van der Waals surface area contributed by atoms with Crippen molar-refractivity contribution in [2.45, 2.75) is 33.6 Å². The minimum Gasteiger partial charge on any atom is -0.314 e. The maximum absolute atomic E-state index is 11.8. The van der Waals surface area contributed by atoms with Crippen molar-refractivity contribution >= 4 is 11.7 Å². The molecule has 0 unspecified atom stereocenters. The number of amides is 2.